The minimum atomic E-state index is 0.838. The van der Waals surface area contributed by atoms with Crippen molar-refractivity contribution >= 4 is 11.5 Å². The summed E-state index contributed by atoms with van der Waals surface area (Å²) in [5.74, 6) is 1.77. The summed E-state index contributed by atoms with van der Waals surface area (Å²) in [7, 11) is 5.65. The predicted octanol–water partition coefficient (Wildman–Crippen LogP) is 3.34. The molecule has 0 saturated carbocycles. The molecule has 0 heterocycles. The average Bonchev–Trinajstić information content (AvgIpc) is 2.46. The molecule has 19 heavy (non-hydrogen) atoms. The van der Waals surface area contributed by atoms with E-state index in [1.807, 2.05) is 61.5 Å². The number of hydrogen-bond donors (Lipinski definition) is 0. The lowest BCUT2D eigenvalue weighted by Gasteiger charge is -2.16. The highest BCUT2D eigenvalue weighted by molar-refractivity contribution is 5.99. The fourth-order valence-corrected chi connectivity index (χ4v) is 1.79. The van der Waals surface area contributed by atoms with Crippen molar-refractivity contribution in [1.29, 1.82) is 0 Å². The molecule has 0 unspecified atom stereocenters. The first-order valence-electron chi connectivity index (χ1n) is 6.16. The summed E-state index contributed by atoms with van der Waals surface area (Å²) < 4.78 is 5.15. The summed E-state index contributed by atoms with van der Waals surface area (Å²) in [5.41, 5.74) is 2.01. The van der Waals surface area contributed by atoms with Crippen molar-refractivity contribution in [3.8, 4) is 5.75 Å². The Labute approximate surface area is 114 Å². The number of benzene rings is 2. The van der Waals surface area contributed by atoms with Gasteiger partial charge in [-0.3, -0.25) is 0 Å². The topological polar surface area (TPSA) is 24.8 Å². The lowest BCUT2D eigenvalue weighted by molar-refractivity contribution is 0.415. The number of nitrogens with zero attached hydrogens (tertiary/aromatic N) is 2. The zero-order valence-corrected chi connectivity index (χ0v) is 11.5. The molecule has 98 valence electrons. The van der Waals surface area contributed by atoms with Gasteiger partial charge in [0.1, 0.15) is 11.6 Å². The van der Waals surface area contributed by atoms with Crippen molar-refractivity contribution in [2.45, 2.75) is 0 Å². The van der Waals surface area contributed by atoms with Crippen molar-refractivity contribution in [2.75, 3.05) is 21.2 Å². The van der Waals surface area contributed by atoms with Crippen LogP contribution in [0.4, 0.5) is 5.69 Å². The molecular weight excluding hydrogens is 236 g/mol. The standard InChI is InChI=1S/C16H18N2O/c1-18(2)16(13-7-5-4-6-8-13)17-14-9-11-15(19-3)12-10-14/h4-12H,1-3H3. The summed E-state index contributed by atoms with van der Waals surface area (Å²) in [6, 6.07) is 17.9. The fraction of sp³-hybridized carbons (Fsp3) is 0.188. The van der Waals surface area contributed by atoms with E-state index in [1.54, 1.807) is 7.11 Å². The minimum Gasteiger partial charge on any atom is -0.497 e. The number of methoxy groups -OCH3 is 1. The molecule has 0 spiro atoms. The van der Waals surface area contributed by atoms with Gasteiger partial charge in [0, 0.05) is 19.7 Å². The molecule has 0 aliphatic heterocycles. The number of hydrogen-bond acceptors (Lipinski definition) is 2. The van der Waals surface area contributed by atoms with Crippen LogP contribution >= 0.6 is 0 Å². The Balaban J connectivity index is 2.35. The van der Waals surface area contributed by atoms with Gasteiger partial charge in [0.25, 0.3) is 0 Å². The molecule has 0 amide bonds. The lowest BCUT2D eigenvalue weighted by atomic mass is 10.2. The lowest BCUT2D eigenvalue weighted by Crippen LogP contribution is -2.22. The van der Waals surface area contributed by atoms with Gasteiger partial charge in [0.2, 0.25) is 0 Å². The first-order valence-corrected chi connectivity index (χ1v) is 6.16. The molecule has 2 aromatic carbocycles. The molecule has 0 N–H and O–H groups in total. The largest absolute Gasteiger partial charge is 0.497 e. The zero-order valence-electron chi connectivity index (χ0n) is 11.5. The van der Waals surface area contributed by atoms with Gasteiger partial charge >= 0.3 is 0 Å². The van der Waals surface area contributed by atoms with E-state index in [0.717, 1.165) is 22.8 Å². The summed E-state index contributed by atoms with van der Waals surface area (Å²) in [4.78, 5) is 6.70. The van der Waals surface area contributed by atoms with Crippen molar-refractivity contribution in [3.63, 3.8) is 0 Å². The van der Waals surface area contributed by atoms with E-state index in [4.69, 9.17) is 9.73 Å². The maximum Gasteiger partial charge on any atom is 0.136 e. The monoisotopic (exact) mass is 254 g/mol. The van der Waals surface area contributed by atoms with Crippen molar-refractivity contribution in [1.82, 2.24) is 4.90 Å². The molecule has 0 aromatic heterocycles. The van der Waals surface area contributed by atoms with E-state index in [0.29, 0.717) is 0 Å². The Morgan fingerprint density at radius 3 is 2.11 bits per heavy atom. The Morgan fingerprint density at radius 2 is 1.58 bits per heavy atom. The third-order valence-corrected chi connectivity index (χ3v) is 2.76. The summed E-state index contributed by atoms with van der Waals surface area (Å²) >= 11 is 0. The average molecular weight is 254 g/mol. The number of rotatable bonds is 3. The van der Waals surface area contributed by atoms with E-state index in [-0.39, 0.29) is 0 Å². The van der Waals surface area contributed by atoms with Crippen LogP contribution in [0.3, 0.4) is 0 Å². The maximum absolute atomic E-state index is 5.15. The molecule has 0 radical (unpaired) electrons. The van der Waals surface area contributed by atoms with Crippen LogP contribution in [0.1, 0.15) is 5.56 Å². The molecule has 3 heteroatoms. The van der Waals surface area contributed by atoms with E-state index >= 15 is 0 Å². The number of amidine groups is 1. The van der Waals surface area contributed by atoms with Crippen LogP contribution in [0.15, 0.2) is 59.6 Å². The first kappa shape index (κ1) is 13.1. The Morgan fingerprint density at radius 1 is 0.947 bits per heavy atom. The van der Waals surface area contributed by atoms with E-state index in [9.17, 15) is 0 Å². The van der Waals surface area contributed by atoms with Crippen LogP contribution in [-0.2, 0) is 0 Å². The van der Waals surface area contributed by atoms with Crippen LogP contribution in [0.5, 0.6) is 5.75 Å². The molecule has 0 aliphatic carbocycles. The molecular formula is C16H18N2O. The van der Waals surface area contributed by atoms with Gasteiger partial charge in [-0.25, -0.2) is 4.99 Å². The molecule has 0 bridgehead atoms. The van der Waals surface area contributed by atoms with Gasteiger partial charge in [-0.15, -0.1) is 0 Å². The third-order valence-electron chi connectivity index (χ3n) is 2.76. The van der Waals surface area contributed by atoms with Crippen LogP contribution in [0, 0.1) is 0 Å². The Kier molecular flexibility index (Phi) is 4.18. The quantitative estimate of drug-likeness (QED) is 0.620. The van der Waals surface area contributed by atoms with E-state index in [2.05, 4.69) is 12.1 Å². The van der Waals surface area contributed by atoms with Crippen molar-refractivity contribution in [3.05, 3.63) is 60.2 Å². The predicted molar refractivity (Wildman–Crippen MR) is 79.3 cm³/mol. The van der Waals surface area contributed by atoms with Crippen LogP contribution in [0.25, 0.3) is 0 Å². The number of aliphatic imine (C=N–C) groups is 1. The molecule has 2 rings (SSSR count). The molecule has 0 atom stereocenters. The SMILES string of the molecule is COc1ccc(N=C(c2ccccc2)N(C)C)cc1. The Bertz CT molecular complexity index is 545. The van der Waals surface area contributed by atoms with Gasteiger partial charge in [-0.05, 0) is 24.3 Å². The van der Waals surface area contributed by atoms with E-state index in [1.165, 1.54) is 0 Å². The molecule has 3 nitrogen and oxygen atoms in total. The van der Waals surface area contributed by atoms with Gasteiger partial charge in [0.15, 0.2) is 0 Å². The van der Waals surface area contributed by atoms with Gasteiger partial charge in [-0.2, -0.15) is 0 Å². The van der Waals surface area contributed by atoms with Crippen LogP contribution in [-0.4, -0.2) is 31.9 Å². The normalized spacial score (nSPS) is 11.2. The third kappa shape index (κ3) is 3.35. The van der Waals surface area contributed by atoms with Crippen LogP contribution < -0.4 is 4.74 Å². The van der Waals surface area contributed by atoms with Gasteiger partial charge in [-0.1, -0.05) is 30.3 Å². The van der Waals surface area contributed by atoms with Crippen LogP contribution in [0.2, 0.25) is 0 Å². The van der Waals surface area contributed by atoms with Gasteiger partial charge < -0.3 is 9.64 Å². The van der Waals surface area contributed by atoms with Crippen molar-refractivity contribution < 1.29 is 4.74 Å². The smallest absolute Gasteiger partial charge is 0.136 e. The van der Waals surface area contributed by atoms with Gasteiger partial charge in [0.05, 0.1) is 12.8 Å². The molecule has 0 fully saturated rings. The summed E-state index contributed by atoms with van der Waals surface area (Å²) in [6.07, 6.45) is 0. The second kappa shape index (κ2) is 6.05. The molecule has 0 saturated heterocycles. The maximum atomic E-state index is 5.15. The van der Waals surface area contributed by atoms with Crippen molar-refractivity contribution in [2.24, 2.45) is 4.99 Å². The summed E-state index contributed by atoms with van der Waals surface area (Å²) in [6.45, 7) is 0. The number of ether oxygens (including phenoxy) is 1. The molecule has 0 aliphatic rings. The second-order valence-corrected chi connectivity index (χ2v) is 4.39. The molecule has 2 aromatic rings. The van der Waals surface area contributed by atoms with E-state index < -0.39 is 0 Å². The minimum absolute atomic E-state index is 0.838. The Hall–Kier alpha value is -2.29. The highest BCUT2D eigenvalue weighted by atomic mass is 16.5. The fourth-order valence-electron chi connectivity index (χ4n) is 1.79. The highest BCUT2D eigenvalue weighted by Crippen LogP contribution is 2.19. The first-order chi connectivity index (χ1) is 9.20. The summed E-state index contributed by atoms with van der Waals surface area (Å²) in [5, 5.41) is 0. The second-order valence-electron chi connectivity index (χ2n) is 4.39. The zero-order chi connectivity index (χ0) is 13.7. The highest BCUT2D eigenvalue weighted by Gasteiger charge is 2.05.